The Morgan fingerprint density at radius 2 is 1.86 bits per heavy atom. The van der Waals surface area contributed by atoms with Crippen LogP contribution in [0.4, 0.5) is 16.2 Å². The number of ether oxygens (including phenoxy) is 2. The predicted molar refractivity (Wildman–Crippen MR) is 173 cm³/mol. The maximum atomic E-state index is 13.6. The van der Waals surface area contributed by atoms with Crippen LogP contribution in [0.15, 0.2) is 36.4 Å². The van der Waals surface area contributed by atoms with Crippen molar-refractivity contribution in [1.82, 2.24) is 9.80 Å². The summed E-state index contributed by atoms with van der Waals surface area (Å²) in [5, 5.41) is 9.84. The third-order valence-corrected chi connectivity index (χ3v) is 8.37. The first kappa shape index (κ1) is 32.5. The average molecular weight is 626 g/mol. The topological polar surface area (TPSA) is 89.4 Å². The number of nitriles is 1. The van der Waals surface area contributed by atoms with Crippen molar-refractivity contribution < 1.29 is 19.1 Å². The van der Waals surface area contributed by atoms with Crippen LogP contribution in [0.25, 0.3) is 0 Å². The van der Waals surface area contributed by atoms with E-state index in [1.165, 1.54) is 4.90 Å². The smallest absolute Gasteiger partial charge is 0.410 e. The number of anilines is 2. The second-order valence-corrected chi connectivity index (χ2v) is 13.2. The molecule has 0 aliphatic carbocycles. The Balaban J connectivity index is 1.42. The number of nitrogens with zero attached hydrogens (tertiary/aromatic N) is 5. The molecule has 4 rings (SSSR count). The lowest BCUT2D eigenvalue weighted by Crippen LogP contribution is -2.55. The van der Waals surface area contributed by atoms with E-state index in [4.69, 9.17) is 33.3 Å². The summed E-state index contributed by atoms with van der Waals surface area (Å²) in [4.78, 5) is 33.5. The minimum absolute atomic E-state index is 0.0457. The molecule has 43 heavy (non-hydrogen) atoms. The summed E-state index contributed by atoms with van der Waals surface area (Å²) >= 11 is 12.1. The van der Waals surface area contributed by atoms with Gasteiger partial charge in [0.2, 0.25) is 0 Å². The maximum absolute atomic E-state index is 13.6. The summed E-state index contributed by atoms with van der Waals surface area (Å²) in [5.74, 6) is 0.606. The van der Waals surface area contributed by atoms with Gasteiger partial charge in [-0.3, -0.25) is 14.6 Å². The molecule has 0 bridgehead atoms. The number of hydrogen-bond donors (Lipinski definition) is 0. The Hall–Kier alpha value is -3.39. The van der Waals surface area contributed by atoms with E-state index in [1.54, 1.807) is 23.1 Å². The van der Waals surface area contributed by atoms with E-state index in [2.05, 4.69) is 11.8 Å². The van der Waals surface area contributed by atoms with Gasteiger partial charge in [-0.2, -0.15) is 5.26 Å². The number of benzene rings is 2. The van der Waals surface area contributed by atoms with Gasteiger partial charge in [0, 0.05) is 37.9 Å². The fraction of sp³-hybridized carbons (Fsp3) is 0.500. The standard InChI is InChI=1S/C32H40ClN5O4S/c1-8-22-17-25(38-29(43)37(28(39)32(38,6)7)24-10-9-23(19-34)26(33)18-24)11-12-27(22)41-16-15-35-13-14-36(21(2)20-35)30(40)42-31(3,4)5/h9-12,17-18,21H,8,13-16,20H2,1-7H3. The summed E-state index contributed by atoms with van der Waals surface area (Å²) < 4.78 is 11.8. The molecule has 1 atom stereocenters. The first-order chi connectivity index (χ1) is 20.2. The Morgan fingerprint density at radius 3 is 2.47 bits per heavy atom. The minimum atomic E-state index is -0.941. The van der Waals surface area contributed by atoms with Crippen LogP contribution in [0.3, 0.4) is 0 Å². The highest BCUT2D eigenvalue weighted by Crippen LogP contribution is 2.39. The summed E-state index contributed by atoms with van der Waals surface area (Å²) in [6, 6.07) is 12.8. The van der Waals surface area contributed by atoms with Crippen LogP contribution < -0.4 is 14.5 Å². The highest BCUT2D eigenvalue weighted by atomic mass is 35.5. The van der Waals surface area contributed by atoms with Crippen molar-refractivity contribution in [3.05, 3.63) is 52.5 Å². The second-order valence-electron chi connectivity index (χ2n) is 12.4. The molecular formula is C32H40ClN5O4S. The van der Waals surface area contributed by atoms with Crippen LogP contribution in [-0.4, -0.2) is 76.9 Å². The Bertz CT molecular complexity index is 1450. The molecule has 0 saturated carbocycles. The van der Waals surface area contributed by atoms with Crippen LogP contribution in [0.1, 0.15) is 59.6 Å². The third kappa shape index (κ3) is 6.90. The molecule has 2 amide bonds. The third-order valence-electron chi connectivity index (χ3n) is 7.69. The van der Waals surface area contributed by atoms with E-state index < -0.39 is 11.1 Å². The molecule has 2 aromatic rings. The number of halogens is 1. The molecule has 2 aliphatic rings. The first-order valence-corrected chi connectivity index (χ1v) is 15.3. The van der Waals surface area contributed by atoms with Gasteiger partial charge in [-0.25, -0.2) is 4.79 Å². The minimum Gasteiger partial charge on any atom is -0.492 e. The number of piperazine rings is 1. The van der Waals surface area contributed by atoms with Gasteiger partial charge in [-0.1, -0.05) is 18.5 Å². The number of thiocarbonyl (C=S) groups is 1. The van der Waals surface area contributed by atoms with Crippen molar-refractivity contribution in [3.8, 4) is 11.8 Å². The molecule has 11 heteroatoms. The maximum Gasteiger partial charge on any atom is 0.410 e. The zero-order chi connectivity index (χ0) is 31.7. The van der Waals surface area contributed by atoms with Gasteiger partial charge in [-0.15, -0.1) is 0 Å². The lowest BCUT2D eigenvalue weighted by atomic mass is 10.0. The largest absolute Gasteiger partial charge is 0.492 e. The van der Waals surface area contributed by atoms with E-state index in [9.17, 15) is 14.9 Å². The van der Waals surface area contributed by atoms with Crippen LogP contribution >= 0.6 is 23.8 Å². The van der Waals surface area contributed by atoms with Gasteiger partial charge < -0.3 is 19.3 Å². The zero-order valence-corrected chi connectivity index (χ0v) is 27.5. The molecule has 2 fully saturated rings. The predicted octanol–water partition coefficient (Wildman–Crippen LogP) is 6.01. The second kappa shape index (κ2) is 12.7. The van der Waals surface area contributed by atoms with Crippen molar-refractivity contribution >= 4 is 52.3 Å². The molecule has 230 valence electrons. The summed E-state index contributed by atoms with van der Waals surface area (Å²) in [6.07, 6.45) is 0.466. The van der Waals surface area contributed by atoms with Crippen molar-refractivity contribution in [1.29, 1.82) is 5.26 Å². The van der Waals surface area contributed by atoms with Crippen LogP contribution in [0.5, 0.6) is 5.75 Å². The lowest BCUT2D eigenvalue weighted by Gasteiger charge is -2.40. The van der Waals surface area contributed by atoms with Crippen LogP contribution in [-0.2, 0) is 16.0 Å². The molecule has 1 unspecified atom stereocenters. The number of rotatable bonds is 7. The van der Waals surface area contributed by atoms with Gasteiger partial charge in [-0.05, 0) is 102 Å². The summed E-state index contributed by atoms with van der Waals surface area (Å²) in [7, 11) is 0. The van der Waals surface area contributed by atoms with Gasteiger partial charge in [0.05, 0.1) is 16.3 Å². The highest BCUT2D eigenvalue weighted by Gasteiger charge is 2.50. The molecule has 0 aromatic heterocycles. The summed E-state index contributed by atoms with van der Waals surface area (Å²) in [5.41, 5.74) is 1.20. The molecular weight excluding hydrogens is 586 g/mol. The van der Waals surface area contributed by atoms with E-state index in [1.807, 2.05) is 70.7 Å². The van der Waals surface area contributed by atoms with Gasteiger partial charge in [0.15, 0.2) is 5.11 Å². The molecule has 2 heterocycles. The average Bonchev–Trinajstić information content (AvgIpc) is 3.10. The lowest BCUT2D eigenvalue weighted by molar-refractivity contribution is -0.120. The van der Waals surface area contributed by atoms with Gasteiger partial charge in [0.25, 0.3) is 5.91 Å². The zero-order valence-electron chi connectivity index (χ0n) is 25.9. The van der Waals surface area contributed by atoms with Crippen molar-refractivity contribution in [2.45, 2.75) is 72.1 Å². The molecule has 2 aromatic carbocycles. The Morgan fingerprint density at radius 1 is 1.16 bits per heavy atom. The number of carbonyl (C=O) groups excluding carboxylic acids is 2. The van der Waals surface area contributed by atoms with Crippen LogP contribution in [0, 0.1) is 11.3 Å². The number of hydrogen-bond acceptors (Lipinski definition) is 7. The molecule has 0 spiro atoms. The fourth-order valence-corrected chi connectivity index (χ4v) is 6.16. The molecule has 9 nitrogen and oxygen atoms in total. The Labute approximate surface area is 264 Å². The first-order valence-electron chi connectivity index (χ1n) is 14.5. The van der Waals surface area contributed by atoms with Crippen LogP contribution in [0.2, 0.25) is 5.02 Å². The quantitative estimate of drug-likeness (QED) is 0.346. The Kier molecular flexibility index (Phi) is 9.60. The number of amides is 2. The molecule has 2 aliphatic heterocycles. The van der Waals surface area contributed by atoms with Crippen molar-refractivity contribution in [2.24, 2.45) is 0 Å². The van der Waals surface area contributed by atoms with E-state index in [0.29, 0.717) is 29.5 Å². The SMILES string of the molecule is CCc1cc(N2C(=S)N(c3ccc(C#N)c(Cl)c3)C(=O)C2(C)C)ccc1OCCN1CCN(C(=O)OC(C)(C)C)C(C)C1. The van der Waals surface area contributed by atoms with E-state index >= 15 is 0 Å². The van der Waals surface area contributed by atoms with Gasteiger partial charge >= 0.3 is 6.09 Å². The summed E-state index contributed by atoms with van der Waals surface area (Å²) in [6.45, 7) is 16.8. The fourth-order valence-electron chi connectivity index (χ4n) is 5.42. The normalized spacial score (nSPS) is 19.0. The van der Waals surface area contributed by atoms with E-state index in [-0.39, 0.29) is 23.1 Å². The molecule has 0 radical (unpaired) electrons. The van der Waals surface area contributed by atoms with E-state index in [0.717, 1.165) is 43.1 Å². The number of aryl methyl sites for hydroxylation is 1. The highest BCUT2D eigenvalue weighted by molar-refractivity contribution is 7.81. The molecule has 2 saturated heterocycles. The van der Waals surface area contributed by atoms with Gasteiger partial charge in [0.1, 0.15) is 29.6 Å². The monoisotopic (exact) mass is 625 g/mol. The number of carbonyl (C=O) groups is 2. The van der Waals surface area contributed by atoms with Crippen molar-refractivity contribution in [3.63, 3.8) is 0 Å². The molecule has 0 N–H and O–H groups in total. The van der Waals surface area contributed by atoms with Crippen molar-refractivity contribution in [2.75, 3.05) is 42.6 Å².